The Balaban J connectivity index is 1.96. The highest BCUT2D eigenvalue weighted by Gasteiger charge is 2.25. The van der Waals surface area contributed by atoms with Gasteiger partial charge in [0, 0.05) is 25.2 Å². The second-order valence-electron chi connectivity index (χ2n) is 5.17. The van der Waals surface area contributed by atoms with Crippen LogP contribution >= 0.6 is 0 Å². The summed E-state index contributed by atoms with van der Waals surface area (Å²) in [6.07, 6.45) is 1.73. The highest BCUT2D eigenvalue weighted by atomic mass is 16.4. The van der Waals surface area contributed by atoms with E-state index in [1.807, 2.05) is 6.07 Å². The van der Waals surface area contributed by atoms with Crippen LogP contribution in [0.1, 0.15) is 24.8 Å². The highest BCUT2D eigenvalue weighted by molar-refractivity contribution is 5.89. The van der Waals surface area contributed by atoms with Gasteiger partial charge in [0.15, 0.2) is 0 Å². The van der Waals surface area contributed by atoms with Crippen molar-refractivity contribution >= 4 is 17.7 Å². The Morgan fingerprint density at radius 2 is 2.29 bits per heavy atom. The minimum absolute atomic E-state index is 0.00689. The van der Waals surface area contributed by atoms with Crippen molar-refractivity contribution in [2.75, 3.05) is 18.4 Å². The molecule has 1 atom stereocenters. The van der Waals surface area contributed by atoms with Crippen LogP contribution in [0.5, 0.6) is 0 Å². The van der Waals surface area contributed by atoms with Crippen LogP contribution in [-0.4, -0.2) is 35.1 Å². The number of rotatable bonds is 3. The van der Waals surface area contributed by atoms with Crippen LogP contribution in [0.4, 0.5) is 10.5 Å². The quantitative estimate of drug-likeness (QED) is 0.891. The smallest absolute Gasteiger partial charge is 0.321 e. The zero-order valence-electron chi connectivity index (χ0n) is 11.6. The van der Waals surface area contributed by atoms with Gasteiger partial charge >= 0.3 is 12.0 Å². The Hall–Kier alpha value is -2.55. The van der Waals surface area contributed by atoms with Gasteiger partial charge in [-0.05, 0) is 37.0 Å². The molecule has 0 saturated carbocycles. The Morgan fingerprint density at radius 1 is 1.48 bits per heavy atom. The summed E-state index contributed by atoms with van der Waals surface area (Å²) in [7, 11) is 0. The molecule has 0 radical (unpaired) electrons. The van der Waals surface area contributed by atoms with Crippen molar-refractivity contribution in [3.63, 3.8) is 0 Å². The summed E-state index contributed by atoms with van der Waals surface area (Å²) in [6, 6.07) is 8.47. The number of likely N-dealkylation sites (tertiary alicyclic amines) is 1. The first kappa shape index (κ1) is 14.9. The van der Waals surface area contributed by atoms with E-state index in [0.717, 1.165) is 12.8 Å². The molecule has 1 aromatic rings. The lowest BCUT2D eigenvalue weighted by molar-refractivity contribution is -0.138. The van der Waals surface area contributed by atoms with E-state index in [1.165, 1.54) is 0 Å². The van der Waals surface area contributed by atoms with Crippen LogP contribution < -0.4 is 5.32 Å². The summed E-state index contributed by atoms with van der Waals surface area (Å²) in [6.45, 7) is 1.08. The molecule has 6 nitrogen and oxygen atoms in total. The fourth-order valence-corrected chi connectivity index (χ4v) is 2.53. The first-order chi connectivity index (χ1) is 10.1. The molecule has 1 fully saturated rings. The molecule has 1 aliphatic rings. The highest BCUT2D eigenvalue weighted by Crippen LogP contribution is 2.20. The van der Waals surface area contributed by atoms with E-state index in [1.54, 1.807) is 29.2 Å². The van der Waals surface area contributed by atoms with Crippen LogP contribution in [-0.2, 0) is 4.79 Å². The van der Waals surface area contributed by atoms with Gasteiger partial charge < -0.3 is 15.3 Å². The lowest BCUT2D eigenvalue weighted by Gasteiger charge is -2.32. The summed E-state index contributed by atoms with van der Waals surface area (Å²) in [4.78, 5) is 24.6. The Morgan fingerprint density at radius 3 is 3.00 bits per heavy atom. The second kappa shape index (κ2) is 6.75. The predicted octanol–water partition coefficient (Wildman–Crippen LogP) is 2.28. The number of anilines is 1. The number of nitriles is 1. The predicted molar refractivity (Wildman–Crippen MR) is 76.7 cm³/mol. The van der Waals surface area contributed by atoms with Crippen molar-refractivity contribution < 1.29 is 14.7 Å². The first-order valence-corrected chi connectivity index (χ1v) is 6.86. The normalized spacial score (nSPS) is 17.9. The molecule has 1 heterocycles. The third-order valence-electron chi connectivity index (χ3n) is 3.51. The molecule has 0 aromatic heterocycles. The molecule has 2 rings (SSSR count). The van der Waals surface area contributed by atoms with Gasteiger partial charge in [-0.1, -0.05) is 6.07 Å². The van der Waals surface area contributed by atoms with E-state index in [-0.39, 0.29) is 18.4 Å². The molecule has 1 aromatic carbocycles. The maximum atomic E-state index is 12.2. The van der Waals surface area contributed by atoms with E-state index >= 15 is 0 Å². The number of urea groups is 1. The van der Waals surface area contributed by atoms with Crippen LogP contribution in [0.15, 0.2) is 24.3 Å². The molecule has 0 bridgehead atoms. The summed E-state index contributed by atoms with van der Waals surface area (Å²) in [5.41, 5.74) is 1.05. The summed E-state index contributed by atoms with van der Waals surface area (Å²) in [5, 5.41) is 20.4. The average molecular weight is 287 g/mol. The number of nitrogens with one attached hydrogen (secondary N) is 1. The minimum atomic E-state index is -0.830. The maximum Gasteiger partial charge on any atom is 0.321 e. The van der Waals surface area contributed by atoms with E-state index in [4.69, 9.17) is 10.4 Å². The number of aliphatic carboxylic acids is 1. The first-order valence-electron chi connectivity index (χ1n) is 6.86. The molecular weight excluding hydrogens is 270 g/mol. The second-order valence-corrected chi connectivity index (χ2v) is 5.17. The summed E-state index contributed by atoms with van der Waals surface area (Å²) < 4.78 is 0. The standard InChI is InChI=1S/C15H17N3O3/c16-9-11-3-1-5-13(7-11)17-15(21)18-6-2-4-12(10-18)8-14(19)20/h1,3,5,7,12H,2,4,6,8,10H2,(H,17,21)(H,19,20). The molecule has 6 heteroatoms. The average Bonchev–Trinajstić information content (AvgIpc) is 2.47. The molecule has 21 heavy (non-hydrogen) atoms. The Labute approximate surface area is 123 Å². The molecule has 1 saturated heterocycles. The number of benzene rings is 1. The van der Waals surface area contributed by atoms with Crippen molar-refractivity contribution in [3.05, 3.63) is 29.8 Å². The van der Waals surface area contributed by atoms with Gasteiger partial charge in [0.05, 0.1) is 11.6 Å². The molecule has 1 aliphatic heterocycles. The number of hydrogen-bond donors (Lipinski definition) is 2. The number of carboxylic acids is 1. The molecular formula is C15H17N3O3. The number of carbonyl (C=O) groups is 2. The fraction of sp³-hybridized carbons (Fsp3) is 0.400. The van der Waals surface area contributed by atoms with Gasteiger partial charge in [0.25, 0.3) is 0 Å². The molecule has 1 unspecified atom stereocenters. The van der Waals surface area contributed by atoms with Crippen molar-refractivity contribution in [1.82, 2.24) is 4.90 Å². The topological polar surface area (TPSA) is 93.4 Å². The van der Waals surface area contributed by atoms with Gasteiger partial charge in [-0.25, -0.2) is 4.79 Å². The number of carboxylic acid groups (broad SMARTS) is 1. The van der Waals surface area contributed by atoms with Crippen LogP contribution in [0.3, 0.4) is 0 Å². The summed E-state index contributed by atoms with van der Waals surface area (Å²) in [5.74, 6) is -0.823. The van der Waals surface area contributed by atoms with Crippen molar-refractivity contribution in [1.29, 1.82) is 5.26 Å². The molecule has 2 amide bonds. The number of hydrogen-bond acceptors (Lipinski definition) is 3. The van der Waals surface area contributed by atoms with Gasteiger partial charge in [-0.2, -0.15) is 5.26 Å². The van der Waals surface area contributed by atoms with Crippen molar-refractivity contribution in [3.8, 4) is 6.07 Å². The number of nitrogens with zero attached hydrogens (tertiary/aromatic N) is 2. The van der Waals surface area contributed by atoms with Crippen molar-refractivity contribution in [2.45, 2.75) is 19.3 Å². The van der Waals surface area contributed by atoms with Gasteiger partial charge in [0.2, 0.25) is 0 Å². The van der Waals surface area contributed by atoms with E-state index in [9.17, 15) is 9.59 Å². The molecule has 0 aliphatic carbocycles. The van der Waals surface area contributed by atoms with Crippen LogP contribution in [0, 0.1) is 17.2 Å². The lowest BCUT2D eigenvalue weighted by atomic mass is 9.95. The van der Waals surface area contributed by atoms with E-state index < -0.39 is 5.97 Å². The number of carbonyl (C=O) groups excluding carboxylic acids is 1. The molecule has 2 N–H and O–H groups in total. The maximum absolute atomic E-state index is 12.2. The molecule has 110 valence electrons. The SMILES string of the molecule is N#Cc1cccc(NC(=O)N2CCCC(CC(=O)O)C2)c1. The Bertz CT molecular complexity index is 580. The van der Waals surface area contributed by atoms with Crippen LogP contribution in [0.2, 0.25) is 0 Å². The Kier molecular flexibility index (Phi) is 4.77. The zero-order chi connectivity index (χ0) is 15.2. The number of piperidine rings is 1. The van der Waals surface area contributed by atoms with Crippen molar-refractivity contribution in [2.24, 2.45) is 5.92 Å². The van der Waals surface area contributed by atoms with Gasteiger partial charge in [0.1, 0.15) is 0 Å². The van der Waals surface area contributed by atoms with E-state index in [2.05, 4.69) is 5.32 Å². The third-order valence-corrected chi connectivity index (χ3v) is 3.51. The van der Waals surface area contributed by atoms with Gasteiger partial charge in [-0.15, -0.1) is 0 Å². The fourth-order valence-electron chi connectivity index (χ4n) is 2.53. The third kappa shape index (κ3) is 4.21. The molecule has 0 spiro atoms. The number of amides is 2. The lowest BCUT2D eigenvalue weighted by Crippen LogP contribution is -2.42. The minimum Gasteiger partial charge on any atom is -0.481 e. The monoisotopic (exact) mass is 287 g/mol. The van der Waals surface area contributed by atoms with E-state index in [0.29, 0.717) is 24.3 Å². The largest absolute Gasteiger partial charge is 0.481 e. The van der Waals surface area contributed by atoms with Crippen LogP contribution in [0.25, 0.3) is 0 Å². The van der Waals surface area contributed by atoms with Gasteiger partial charge in [-0.3, -0.25) is 4.79 Å². The summed E-state index contributed by atoms with van der Waals surface area (Å²) >= 11 is 0. The zero-order valence-corrected chi connectivity index (χ0v) is 11.6.